The third-order valence-corrected chi connectivity index (χ3v) is 4.39. The number of hydrogen-bond donors (Lipinski definition) is 3. The van der Waals surface area contributed by atoms with Gasteiger partial charge in [0.25, 0.3) is 11.6 Å². The van der Waals surface area contributed by atoms with Crippen LogP contribution in [0, 0.1) is 10.1 Å². The van der Waals surface area contributed by atoms with Crippen molar-refractivity contribution in [2.45, 2.75) is 38.6 Å². The topological polar surface area (TPSA) is 139 Å². The summed E-state index contributed by atoms with van der Waals surface area (Å²) in [6, 6.07) is 3.80. The SMILES string of the molecule is CCC(CC)(CC(=O)O)NC(=O)CNC(=O)c1c(Cl)cccc1[N+](=O)[O-]. The minimum Gasteiger partial charge on any atom is -0.481 e. The first-order valence-electron chi connectivity index (χ1n) is 7.89. The lowest BCUT2D eigenvalue weighted by Gasteiger charge is -2.31. The maximum absolute atomic E-state index is 12.2. The van der Waals surface area contributed by atoms with Gasteiger partial charge in [-0.15, -0.1) is 0 Å². The summed E-state index contributed by atoms with van der Waals surface area (Å²) in [5.41, 5.74) is -1.74. The molecule has 0 atom stereocenters. The van der Waals surface area contributed by atoms with Crippen LogP contribution in [-0.4, -0.2) is 39.9 Å². The van der Waals surface area contributed by atoms with Gasteiger partial charge < -0.3 is 15.7 Å². The van der Waals surface area contributed by atoms with Crippen molar-refractivity contribution in [1.29, 1.82) is 0 Å². The van der Waals surface area contributed by atoms with Gasteiger partial charge in [-0.2, -0.15) is 0 Å². The standard InChI is InChI=1S/C16H20ClN3O6/c1-3-16(4-2,8-13(22)23)19-12(21)9-18-15(24)14-10(17)6-5-7-11(14)20(25)26/h5-7H,3-4,8-9H2,1-2H3,(H,18,24)(H,19,21)(H,22,23). The molecule has 0 aliphatic rings. The fraction of sp³-hybridized carbons (Fsp3) is 0.438. The Morgan fingerprint density at radius 1 is 1.27 bits per heavy atom. The molecule has 0 saturated carbocycles. The summed E-state index contributed by atoms with van der Waals surface area (Å²) in [6.07, 6.45) is 0.534. The molecule has 0 aromatic heterocycles. The van der Waals surface area contributed by atoms with E-state index in [0.29, 0.717) is 12.8 Å². The van der Waals surface area contributed by atoms with Crippen LogP contribution >= 0.6 is 11.6 Å². The molecule has 0 bridgehead atoms. The Kier molecular flexibility index (Phi) is 7.51. The van der Waals surface area contributed by atoms with Gasteiger partial charge >= 0.3 is 5.97 Å². The molecule has 26 heavy (non-hydrogen) atoms. The van der Waals surface area contributed by atoms with Gasteiger partial charge in [-0.05, 0) is 18.9 Å². The predicted octanol–water partition coefficient (Wildman–Crippen LogP) is 2.13. The molecule has 0 saturated heterocycles. The molecule has 0 fully saturated rings. The first kappa shape index (κ1) is 21.4. The van der Waals surface area contributed by atoms with Gasteiger partial charge in [0.1, 0.15) is 5.56 Å². The number of amides is 2. The Balaban J connectivity index is 2.83. The highest BCUT2D eigenvalue weighted by Crippen LogP contribution is 2.26. The van der Waals surface area contributed by atoms with Gasteiger partial charge in [-0.3, -0.25) is 24.5 Å². The van der Waals surface area contributed by atoms with Crippen molar-refractivity contribution in [2.75, 3.05) is 6.54 Å². The number of nitro groups is 1. The van der Waals surface area contributed by atoms with Crippen molar-refractivity contribution in [3.05, 3.63) is 38.9 Å². The maximum atomic E-state index is 12.2. The lowest BCUT2D eigenvalue weighted by atomic mass is 9.89. The summed E-state index contributed by atoms with van der Waals surface area (Å²) >= 11 is 5.86. The first-order valence-corrected chi connectivity index (χ1v) is 8.27. The van der Waals surface area contributed by atoms with E-state index >= 15 is 0 Å². The summed E-state index contributed by atoms with van der Waals surface area (Å²) in [5.74, 6) is -2.52. The number of nitrogens with zero attached hydrogens (tertiary/aromatic N) is 1. The summed E-state index contributed by atoms with van der Waals surface area (Å²) in [7, 11) is 0. The summed E-state index contributed by atoms with van der Waals surface area (Å²) in [5, 5.41) is 24.8. The normalized spacial score (nSPS) is 10.9. The molecule has 142 valence electrons. The average molecular weight is 386 g/mol. The van der Waals surface area contributed by atoms with E-state index in [4.69, 9.17) is 16.7 Å². The molecule has 3 N–H and O–H groups in total. The monoisotopic (exact) mass is 385 g/mol. The summed E-state index contributed by atoms with van der Waals surface area (Å²) in [6.45, 7) is 3.03. The number of halogens is 1. The number of carbonyl (C=O) groups excluding carboxylic acids is 2. The van der Waals surface area contributed by atoms with Crippen LogP contribution in [0.4, 0.5) is 5.69 Å². The second-order valence-electron chi connectivity index (χ2n) is 5.68. The van der Waals surface area contributed by atoms with Crippen LogP contribution in [0.3, 0.4) is 0 Å². The fourth-order valence-corrected chi connectivity index (χ4v) is 2.74. The molecule has 0 aliphatic carbocycles. The van der Waals surface area contributed by atoms with E-state index in [2.05, 4.69) is 10.6 Å². The van der Waals surface area contributed by atoms with E-state index in [1.807, 2.05) is 0 Å². The zero-order chi connectivity index (χ0) is 19.9. The molecule has 10 heteroatoms. The number of hydrogen-bond acceptors (Lipinski definition) is 5. The molecule has 0 heterocycles. The Hall–Kier alpha value is -2.68. The van der Waals surface area contributed by atoms with Crippen LogP contribution < -0.4 is 10.6 Å². The molecule has 1 rings (SSSR count). The number of aliphatic carboxylic acids is 1. The lowest BCUT2D eigenvalue weighted by Crippen LogP contribution is -2.52. The fourth-order valence-electron chi connectivity index (χ4n) is 2.49. The zero-order valence-electron chi connectivity index (χ0n) is 14.4. The number of rotatable bonds is 9. The van der Waals surface area contributed by atoms with E-state index in [9.17, 15) is 24.5 Å². The number of benzene rings is 1. The van der Waals surface area contributed by atoms with E-state index in [1.165, 1.54) is 12.1 Å². The van der Waals surface area contributed by atoms with Crippen molar-refractivity contribution in [3.63, 3.8) is 0 Å². The van der Waals surface area contributed by atoms with Crippen molar-refractivity contribution in [2.24, 2.45) is 0 Å². The van der Waals surface area contributed by atoms with Crippen LogP contribution in [0.25, 0.3) is 0 Å². The van der Waals surface area contributed by atoms with Crippen LogP contribution in [-0.2, 0) is 9.59 Å². The Morgan fingerprint density at radius 3 is 2.38 bits per heavy atom. The number of nitrogens with one attached hydrogen (secondary N) is 2. The van der Waals surface area contributed by atoms with E-state index in [-0.39, 0.29) is 17.0 Å². The lowest BCUT2D eigenvalue weighted by molar-refractivity contribution is -0.385. The maximum Gasteiger partial charge on any atom is 0.305 e. The van der Waals surface area contributed by atoms with Gasteiger partial charge in [0.05, 0.1) is 28.5 Å². The van der Waals surface area contributed by atoms with Crippen molar-refractivity contribution in [1.82, 2.24) is 10.6 Å². The highest BCUT2D eigenvalue weighted by Gasteiger charge is 2.31. The average Bonchev–Trinajstić information content (AvgIpc) is 2.58. The summed E-state index contributed by atoms with van der Waals surface area (Å²) < 4.78 is 0. The molecule has 1 aromatic carbocycles. The quantitative estimate of drug-likeness (QED) is 0.439. The van der Waals surface area contributed by atoms with Crippen LogP contribution in [0.1, 0.15) is 43.5 Å². The molecule has 0 aliphatic heterocycles. The second kappa shape index (κ2) is 9.14. The molecule has 0 spiro atoms. The van der Waals surface area contributed by atoms with E-state index in [0.717, 1.165) is 6.07 Å². The highest BCUT2D eigenvalue weighted by atomic mass is 35.5. The Morgan fingerprint density at radius 2 is 1.88 bits per heavy atom. The molecular formula is C16H20ClN3O6. The largest absolute Gasteiger partial charge is 0.481 e. The van der Waals surface area contributed by atoms with Crippen LogP contribution in [0.2, 0.25) is 5.02 Å². The Labute approximate surface area is 154 Å². The summed E-state index contributed by atoms with van der Waals surface area (Å²) in [4.78, 5) is 45.6. The number of carboxylic acid groups (broad SMARTS) is 1. The predicted molar refractivity (Wildman–Crippen MR) is 94.1 cm³/mol. The van der Waals surface area contributed by atoms with E-state index < -0.39 is 40.5 Å². The van der Waals surface area contributed by atoms with E-state index in [1.54, 1.807) is 13.8 Å². The molecule has 1 aromatic rings. The smallest absolute Gasteiger partial charge is 0.305 e. The number of nitro benzene ring substituents is 1. The molecule has 0 radical (unpaired) electrons. The molecule has 2 amide bonds. The molecular weight excluding hydrogens is 366 g/mol. The van der Waals surface area contributed by atoms with Gasteiger partial charge in [-0.1, -0.05) is 31.5 Å². The van der Waals surface area contributed by atoms with Crippen LogP contribution in [0.15, 0.2) is 18.2 Å². The van der Waals surface area contributed by atoms with Gasteiger partial charge in [0, 0.05) is 6.07 Å². The second-order valence-corrected chi connectivity index (χ2v) is 6.09. The highest BCUT2D eigenvalue weighted by molar-refractivity contribution is 6.34. The third kappa shape index (κ3) is 5.41. The third-order valence-electron chi connectivity index (χ3n) is 4.07. The van der Waals surface area contributed by atoms with Crippen LogP contribution in [0.5, 0.6) is 0 Å². The molecule has 9 nitrogen and oxygen atoms in total. The zero-order valence-corrected chi connectivity index (χ0v) is 15.1. The van der Waals surface area contributed by atoms with Gasteiger partial charge in [0.2, 0.25) is 5.91 Å². The van der Waals surface area contributed by atoms with Crippen molar-refractivity contribution >= 4 is 35.1 Å². The first-order chi connectivity index (χ1) is 12.2. The van der Waals surface area contributed by atoms with Crippen molar-refractivity contribution < 1.29 is 24.4 Å². The Bertz CT molecular complexity index is 718. The van der Waals surface area contributed by atoms with Gasteiger partial charge in [0.15, 0.2) is 0 Å². The van der Waals surface area contributed by atoms with Crippen molar-refractivity contribution in [3.8, 4) is 0 Å². The molecule has 0 unspecified atom stereocenters. The minimum atomic E-state index is -1.05. The number of carbonyl (C=O) groups is 3. The number of carboxylic acids is 1. The van der Waals surface area contributed by atoms with Gasteiger partial charge in [-0.25, -0.2) is 0 Å². The minimum absolute atomic E-state index is 0.112.